The average Bonchev–Trinajstić information content (AvgIpc) is 2.17. The maximum atomic E-state index is 11.5. The Balaban J connectivity index is 3.06. The molecule has 0 bridgehead atoms. The van der Waals surface area contributed by atoms with Gasteiger partial charge in [-0.05, 0) is 6.07 Å². The van der Waals surface area contributed by atoms with Gasteiger partial charge in [0.05, 0.1) is 12.7 Å². The van der Waals surface area contributed by atoms with Crippen molar-refractivity contribution >= 4 is 11.7 Å². The van der Waals surface area contributed by atoms with Crippen LogP contribution in [0, 0.1) is 0 Å². The number of methoxy groups -OCH3 is 1. The zero-order chi connectivity index (χ0) is 10.7. The summed E-state index contributed by atoms with van der Waals surface area (Å²) in [6, 6.07) is 1.57. The van der Waals surface area contributed by atoms with Gasteiger partial charge in [0.1, 0.15) is 0 Å². The number of nitrogen functional groups attached to an aromatic ring is 1. The molecule has 0 aliphatic heterocycles. The van der Waals surface area contributed by atoms with Crippen molar-refractivity contribution in [2.75, 3.05) is 26.9 Å². The SMILES string of the molecule is COc1cc(C(=O)N(C)C)cnc1N. The van der Waals surface area contributed by atoms with Crippen molar-refractivity contribution in [2.45, 2.75) is 0 Å². The van der Waals surface area contributed by atoms with Gasteiger partial charge in [0, 0.05) is 20.3 Å². The Labute approximate surface area is 82.5 Å². The summed E-state index contributed by atoms with van der Waals surface area (Å²) >= 11 is 0. The summed E-state index contributed by atoms with van der Waals surface area (Å²) in [7, 11) is 4.83. The van der Waals surface area contributed by atoms with Crippen molar-refractivity contribution in [3.63, 3.8) is 0 Å². The minimum atomic E-state index is -0.129. The third kappa shape index (κ3) is 1.93. The molecule has 1 amide bonds. The number of anilines is 1. The number of amides is 1. The second kappa shape index (κ2) is 3.95. The second-order valence-electron chi connectivity index (χ2n) is 3.01. The first kappa shape index (κ1) is 10.3. The summed E-state index contributed by atoms with van der Waals surface area (Å²) in [5.41, 5.74) is 5.97. The van der Waals surface area contributed by atoms with Gasteiger partial charge in [-0.15, -0.1) is 0 Å². The predicted octanol–water partition coefficient (Wildman–Crippen LogP) is 0.374. The molecule has 14 heavy (non-hydrogen) atoms. The summed E-state index contributed by atoms with van der Waals surface area (Å²) in [6.07, 6.45) is 1.43. The summed E-state index contributed by atoms with van der Waals surface area (Å²) in [5.74, 6) is 0.566. The fourth-order valence-electron chi connectivity index (χ4n) is 0.994. The second-order valence-corrected chi connectivity index (χ2v) is 3.01. The molecular weight excluding hydrogens is 182 g/mol. The fourth-order valence-corrected chi connectivity index (χ4v) is 0.994. The van der Waals surface area contributed by atoms with Gasteiger partial charge < -0.3 is 15.4 Å². The number of nitrogens with zero attached hydrogens (tertiary/aromatic N) is 2. The van der Waals surface area contributed by atoms with E-state index in [1.54, 1.807) is 20.2 Å². The molecule has 1 heterocycles. The van der Waals surface area contributed by atoms with Gasteiger partial charge in [-0.1, -0.05) is 0 Å². The number of aromatic nitrogens is 1. The fraction of sp³-hybridized carbons (Fsp3) is 0.333. The molecule has 1 aromatic rings. The van der Waals surface area contributed by atoms with Crippen molar-refractivity contribution in [3.8, 4) is 5.75 Å². The summed E-state index contributed by atoms with van der Waals surface area (Å²) < 4.78 is 4.96. The Kier molecular flexibility index (Phi) is 2.91. The van der Waals surface area contributed by atoms with Crippen LogP contribution in [0.4, 0.5) is 5.82 Å². The number of carbonyl (C=O) groups is 1. The van der Waals surface area contributed by atoms with Gasteiger partial charge in [-0.25, -0.2) is 4.98 Å². The van der Waals surface area contributed by atoms with Crippen LogP contribution in [0.1, 0.15) is 10.4 Å². The summed E-state index contributed by atoms with van der Waals surface area (Å²) in [4.78, 5) is 16.8. The van der Waals surface area contributed by atoms with E-state index in [1.807, 2.05) is 0 Å². The van der Waals surface area contributed by atoms with Crippen molar-refractivity contribution in [1.29, 1.82) is 0 Å². The molecule has 0 aromatic carbocycles. The number of rotatable bonds is 2. The van der Waals surface area contributed by atoms with Crippen molar-refractivity contribution < 1.29 is 9.53 Å². The third-order valence-electron chi connectivity index (χ3n) is 1.75. The smallest absolute Gasteiger partial charge is 0.255 e. The number of pyridine rings is 1. The average molecular weight is 195 g/mol. The molecule has 2 N–H and O–H groups in total. The Morgan fingerprint density at radius 3 is 2.71 bits per heavy atom. The molecule has 0 aliphatic carbocycles. The lowest BCUT2D eigenvalue weighted by atomic mass is 10.2. The van der Waals surface area contributed by atoms with Crippen molar-refractivity contribution in [1.82, 2.24) is 9.88 Å². The van der Waals surface area contributed by atoms with Gasteiger partial charge in [-0.3, -0.25) is 4.79 Å². The molecular formula is C9H13N3O2. The first-order valence-electron chi connectivity index (χ1n) is 4.07. The van der Waals surface area contributed by atoms with Crippen LogP contribution in [-0.4, -0.2) is 37.0 Å². The highest BCUT2D eigenvalue weighted by Crippen LogP contribution is 2.19. The standard InChI is InChI=1S/C9H13N3O2/c1-12(2)9(13)6-4-7(14-3)8(10)11-5-6/h4-5H,1-3H3,(H2,10,11). The molecule has 0 radical (unpaired) electrons. The molecule has 0 aliphatic rings. The first-order valence-corrected chi connectivity index (χ1v) is 4.07. The normalized spacial score (nSPS) is 9.64. The molecule has 0 saturated carbocycles. The quantitative estimate of drug-likeness (QED) is 0.740. The number of hydrogen-bond donors (Lipinski definition) is 1. The van der Waals surface area contributed by atoms with Crippen LogP contribution in [-0.2, 0) is 0 Å². The Bertz CT molecular complexity index is 350. The van der Waals surface area contributed by atoms with Crippen LogP contribution < -0.4 is 10.5 Å². The van der Waals surface area contributed by atoms with E-state index in [4.69, 9.17) is 10.5 Å². The van der Waals surface area contributed by atoms with E-state index in [-0.39, 0.29) is 11.7 Å². The Morgan fingerprint density at radius 2 is 2.21 bits per heavy atom. The van der Waals surface area contributed by atoms with Crippen LogP contribution in [0.5, 0.6) is 5.75 Å². The van der Waals surface area contributed by atoms with Gasteiger partial charge in [-0.2, -0.15) is 0 Å². The topological polar surface area (TPSA) is 68.5 Å². The van der Waals surface area contributed by atoms with E-state index in [1.165, 1.54) is 18.2 Å². The number of ether oxygens (including phenoxy) is 1. The number of hydrogen-bond acceptors (Lipinski definition) is 4. The maximum absolute atomic E-state index is 11.5. The van der Waals surface area contributed by atoms with Crippen LogP contribution in [0.25, 0.3) is 0 Å². The van der Waals surface area contributed by atoms with Crippen LogP contribution in [0.2, 0.25) is 0 Å². The van der Waals surface area contributed by atoms with Gasteiger partial charge >= 0.3 is 0 Å². The molecule has 0 saturated heterocycles. The Morgan fingerprint density at radius 1 is 1.57 bits per heavy atom. The van der Waals surface area contributed by atoms with E-state index in [0.29, 0.717) is 11.3 Å². The van der Waals surface area contributed by atoms with E-state index in [0.717, 1.165) is 0 Å². The highest BCUT2D eigenvalue weighted by molar-refractivity contribution is 5.94. The van der Waals surface area contributed by atoms with E-state index < -0.39 is 0 Å². The first-order chi connectivity index (χ1) is 6.56. The van der Waals surface area contributed by atoms with Crippen LogP contribution in [0.3, 0.4) is 0 Å². The van der Waals surface area contributed by atoms with E-state index in [2.05, 4.69) is 4.98 Å². The zero-order valence-electron chi connectivity index (χ0n) is 8.44. The molecule has 76 valence electrons. The molecule has 5 nitrogen and oxygen atoms in total. The molecule has 0 fully saturated rings. The van der Waals surface area contributed by atoms with E-state index >= 15 is 0 Å². The summed E-state index contributed by atoms with van der Waals surface area (Å²) in [6.45, 7) is 0. The lowest BCUT2D eigenvalue weighted by molar-refractivity contribution is 0.0827. The van der Waals surface area contributed by atoms with Gasteiger partial charge in [0.15, 0.2) is 11.6 Å². The highest BCUT2D eigenvalue weighted by Gasteiger charge is 2.11. The minimum Gasteiger partial charge on any atom is -0.493 e. The molecule has 5 heteroatoms. The Hall–Kier alpha value is -1.78. The zero-order valence-corrected chi connectivity index (χ0v) is 8.44. The monoisotopic (exact) mass is 195 g/mol. The molecule has 1 aromatic heterocycles. The van der Waals surface area contributed by atoms with Gasteiger partial charge in [0.2, 0.25) is 0 Å². The predicted molar refractivity (Wildman–Crippen MR) is 53.2 cm³/mol. The number of carbonyl (C=O) groups excluding carboxylic acids is 1. The third-order valence-corrected chi connectivity index (χ3v) is 1.75. The lowest BCUT2D eigenvalue weighted by Crippen LogP contribution is -2.22. The molecule has 1 rings (SSSR count). The lowest BCUT2D eigenvalue weighted by Gasteiger charge is -2.11. The van der Waals surface area contributed by atoms with Crippen molar-refractivity contribution in [2.24, 2.45) is 0 Å². The largest absolute Gasteiger partial charge is 0.493 e. The van der Waals surface area contributed by atoms with Crippen LogP contribution in [0.15, 0.2) is 12.3 Å². The number of nitrogens with two attached hydrogens (primary N) is 1. The highest BCUT2D eigenvalue weighted by atomic mass is 16.5. The molecule has 0 spiro atoms. The molecule has 0 atom stereocenters. The maximum Gasteiger partial charge on any atom is 0.255 e. The molecule has 0 unspecified atom stereocenters. The van der Waals surface area contributed by atoms with Gasteiger partial charge in [0.25, 0.3) is 5.91 Å². The van der Waals surface area contributed by atoms with Crippen molar-refractivity contribution in [3.05, 3.63) is 17.8 Å². The minimum absolute atomic E-state index is 0.129. The van der Waals surface area contributed by atoms with Crippen LogP contribution >= 0.6 is 0 Å². The van der Waals surface area contributed by atoms with E-state index in [9.17, 15) is 4.79 Å². The summed E-state index contributed by atoms with van der Waals surface area (Å²) in [5, 5.41) is 0.